The number of benzene rings is 1. The van der Waals surface area contributed by atoms with Crippen LogP contribution in [0.25, 0.3) is 0 Å². The van der Waals surface area contributed by atoms with Crippen LogP contribution in [0.2, 0.25) is 0 Å². The molecule has 0 heterocycles. The molecule has 1 fully saturated rings. The Kier molecular flexibility index (Phi) is 6.07. The minimum absolute atomic E-state index is 0.0952. The third-order valence-electron chi connectivity index (χ3n) is 3.95. The molecule has 1 saturated carbocycles. The highest BCUT2D eigenvalue weighted by Gasteiger charge is 2.22. The Balaban J connectivity index is 1.90. The van der Waals surface area contributed by atoms with Crippen molar-refractivity contribution in [2.45, 2.75) is 57.6 Å². The van der Waals surface area contributed by atoms with Crippen LogP contribution in [0.4, 0.5) is 8.78 Å². The zero-order chi connectivity index (χ0) is 16.8. The second kappa shape index (κ2) is 8.04. The predicted molar refractivity (Wildman–Crippen MR) is 80.9 cm³/mol. The number of carbonyl (C=O) groups is 2. The summed E-state index contributed by atoms with van der Waals surface area (Å²) in [5, 5.41) is 2.87. The van der Waals surface area contributed by atoms with Gasteiger partial charge in [0.2, 0.25) is 0 Å². The second-order valence-electron chi connectivity index (χ2n) is 5.90. The third-order valence-corrected chi connectivity index (χ3v) is 3.95. The summed E-state index contributed by atoms with van der Waals surface area (Å²) in [4.78, 5) is 24.0. The molecule has 0 radical (unpaired) electrons. The molecule has 1 atom stereocenters. The highest BCUT2D eigenvalue weighted by atomic mass is 19.1. The fourth-order valence-corrected chi connectivity index (χ4v) is 2.70. The van der Waals surface area contributed by atoms with Gasteiger partial charge in [-0.05, 0) is 31.9 Å². The first-order valence-corrected chi connectivity index (χ1v) is 7.93. The first-order valence-electron chi connectivity index (χ1n) is 7.93. The minimum atomic E-state index is -1.02. The lowest BCUT2D eigenvalue weighted by molar-refractivity contribution is -0.129. The van der Waals surface area contributed by atoms with Crippen LogP contribution < -0.4 is 5.32 Å². The quantitative estimate of drug-likeness (QED) is 0.682. The van der Waals surface area contributed by atoms with Crippen molar-refractivity contribution >= 4 is 11.9 Å². The molecule has 6 heteroatoms. The molecule has 1 aromatic carbocycles. The zero-order valence-corrected chi connectivity index (χ0v) is 13.1. The van der Waals surface area contributed by atoms with E-state index >= 15 is 0 Å². The molecule has 0 unspecified atom stereocenters. The van der Waals surface area contributed by atoms with Gasteiger partial charge in [0, 0.05) is 12.1 Å². The smallest absolute Gasteiger partial charge is 0.339 e. The molecule has 0 aliphatic heterocycles. The number of amides is 1. The van der Waals surface area contributed by atoms with E-state index in [1.807, 2.05) is 0 Å². The number of hydrogen-bond acceptors (Lipinski definition) is 3. The fraction of sp³-hybridized carbons (Fsp3) is 0.529. The molecule has 2 rings (SSSR count). The van der Waals surface area contributed by atoms with Gasteiger partial charge in [-0.1, -0.05) is 25.7 Å². The van der Waals surface area contributed by atoms with Gasteiger partial charge in [-0.15, -0.1) is 0 Å². The normalized spacial score (nSPS) is 17.2. The number of carbonyl (C=O) groups excluding carboxylic acids is 2. The van der Waals surface area contributed by atoms with E-state index in [1.54, 1.807) is 0 Å². The first kappa shape index (κ1) is 17.4. The molecule has 23 heavy (non-hydrogen) atoms. The van der Waals surface area contributed by atoms with Gasteiger partial charge in [0.05, 0.1) is 5.56 Å². The Morgan fingerprint density at radius 1 is 1.09 bits per heavy atom. The predicted octanol–water partition coefficient (Wildman–Crippen LogP) is 3.35. The Morgan fingerprint density at radius 2 is 1.65 bits per heavy atom. The van der Waals surface area contributed by atoms with Gasteiger partial charge in [0.15, 0.2) is 6.10 Å². The zero-order valence-electron chi connectivity index (χ0n) is 13.1. The summed E-state index contributed by atoms with van der Waals surface area (Å²) in [5.41, 5.74) is -0.253. The van der Waals surface area contributed by atoms with Crippen LogP contribution in [0.15, 0.2) is 18.2 Å². The van der Waals surface area contributed by atoms with Crippen LogP contribution in [0.1, 0.15) is 55.8 Å². The molecule has 1 amide bonds. The number of ether oxygens (including phenoxy) is 1. The van der Waals surface area contributed by atoms with E-state index in [2.05, 4.69) is 5.32 Å². The summed E-state index contributed by atoms with van der Waals surface area (Å²) in [5.74, 6) is -3.05. The topological polar surface area (TPSA) is 55.4 Å². The van der Waals surface area contributed by atoms with E-state index in [1.165, 1.54) is 19.8 Å². The van der Waals surface area contributed by atoms with Crippen molar-refractivity contribution in [3.63, 3.8) is 0 Å². The summed E-state index contributed by atoms with van der Waals surface area (Å²) in [7, 11) is 0. The molecular formula is C17H21F2NO3. The SMILES string of the molecule is C[C@H](OC(=O)c1cc(F)cc(F)c1)C(=O)NC1CCCCCC1. The van der Waals surface area contributed by atoms with Crippen molar-refractivity contribution in [1.29, 1.82) is 0 Å². The van der Waals surface area contributed by atoms with E-state index in [4.69, 9.17) is 4.74 Å². The van der Waals surface area contributed by atoms with Crippen LogP contribution in [0.3, 0.4) is 0 Å². The molecule has 0 aromatic heterocycles. The van der Waals surface area contributed by atoms with Gasteiger partial charge in [-0.25, -0.2) is 13.6 Å². The first-order chi connectivity index (χ1) is 11.0. The van der Waals surface area contributed by atoms with Crippen molar-refractivity contribution in [1.82, 2.24) is 5.32 Å². The highest BCUT2D eigenvalue weighted by Crippen LogP contribution is 2.17. The van der Waals surface area contributed by atoms with Crippen molar-refractivity contribution in [3.8, 4) is 0 Å². The van der Waals surface area contributed by atoms with E-state index in [9.17, 15) is 18.4 Å². The maximum absolute atomic E-state index is 13.1. The number of halogens is 2. The Labute approximate surface area is 134 Å². The molecular weight excluding hydrogens is 304 g/mol. The van der Waals surface area contributed by atoms with Crippen LogP contribution in [0.5, 0.6) is 0 Å². The summed E-state index contributed by atoms with van der Waals surface area (Å²) in [6, 6.07) is 2.51. The summed E-state index contributed by atoms with van der Waals surface area (Å²) in [6.45, 7) is 1.44. The highest BCUT2D eigenvalue weighted by molar-refractivity contribution is 5.92. The lowest BCUT2D eigenvalue weighted by Gasteiger charge is -2.19. The fourth-order valence-electron chi connectivity index (χ4n) is 2.70. The van der Waals surface area contributed by atoms with Crippen molar-refractivity contribution in [2.24, 2.45) is 0 Å². The largest absolute Gasteiger partial charge is 0.449 e. The molecule has 0 spiro atoms. The minimum Gasteiger partial charge on any atom is -0.449 e. The summed E-state index contributed by atoms with van der Waals surface area (Å²) < 4.78 is 31.2. The van der Waals surface area contributed by atoms with Crippen molar-refractivity contribution < 1.29 is 23.1 Å². The Morgan fingerprint density at radius 3 is 2.22 bits per heavy atom. The van der Waals surface area contributed by atoms with Gasteiger partial charge in [0.1, 0.15) is 11.6 Å². The lowest BCUT2D eigenvalue weighted by atomic mass is 10.1. The molecule has 4 nitrogen and oxygen atoms in total. The van der Waals surface area contributed by atoms with Crippen LogP contribution in [0, 0.1) is 11.6 Å². The van der Waals surface area contributed by atoms with Gasteiger partial charge in [0.25, 0.3) is 5.91 Å². The number of esters is 1. The summed E-state index contributed by atoms with van der Waals surface area (Å²) >= 11 is 0. The van der Waals surface area contributed by atoms with E-state index in [-0.39, 0.29) is 17.5 Å². The van der Waals surface area contributed by atoms with Crippen LogP contribution in [-0.4, -0.2) is 24.0 Å². The average Bonchev–Trinajstić information content (AvgIpc) is 2.74. The lowest BCUT2D eigenvalue weighted by Crippen LogP contribution is -2.41. The molecule has 1 aromatic rings. The van der Waals surface area contributed by atoms with Gasteiger partial charge in [-0.3, -0.25) is 4.79 Å². The maximum Gasteiger partial charge on any atom is 0.339 e. The van der Waals surface area contributed by atoms with Crippen molar-refractivity contribution in [2.75, 3.05) is 0 Å². The van der Waals surface area contributed by atoms with E-state index < -0.39 is 23.7 Å². The number of nitrogens with one attached hydrogen (secondary N) is 1. The molecule has 0 saturated heterocycles. The third kappa shape index (κ3) is 5.30. The maximum atomic E-state index is 13.1. The standard InChI is InChI=1S/C17H21F2NO3/c1-11(16(21)20-15-6-4-2-3-5-7-15)23-17(22)12-8-13(18)10-14(19)9-12/h8-11,15H,2-7H2,1H3,(H,20,21)/t11-/m0/s1. The summed E-state index contributed by atoms with van der Waals surface area (Å²) in [6.07, 6.45) is 5.30. The second-order valence-corrected chi connectivity index (χ2v) is 5.90. The van der Waals surface area contributed by atoms with Crippen molar-refractivity contribution in [3.05, 3.63) is 35.4 Å². The molecule has 1 aliphatic carbocycles. The van der Waals surface area contributed by atoms with Gasteiger partial charge in [-0.2, -0.15) is 0 Å². The van der Waals surface area contributed by atoms with Gasteiger partial charge < -0.3 is 10.1 Å². The Bertz CT molecular complexity index is 549. The van der Waals surface area contributed by atoms with Crippen LogP contribution >= 0.6 is 0 Å². The molecule has 0 bridgehead atoms. The van der Waals surface area contributed by atoms with Crippen LogP contribution in [-0.2, 0) is 9.53 Å². The van der Waals surface area contributed by atoms with E-state index in [0.717, 1.165) is 37.8 Å². The number of hydrogen-bond donors (Lipinski definition) is 1. The number of rotatable bonds is 4. The Hall–Kier alpha value is -1.98. The molecule has 126 valence electrons. The monoisotopic (exact) mass is 325 g/mol. The van der Waals surface area contributed by atoms with Gasteiger partial charge >= 0.3 is 5.97 Å². The molecule has 1 N–H and O–H groups in total. The average molecular weight is 325 g/mol. The molecule has 1 aliphatic rings. The van der Waals surface area contributed by atoms with E-state index in [0.29, 0.717) is 6.07 Å².